The van der Waals surface area contributed by atoms with Crippen molar-refractivity contribution in [1.29, 1.82) is 0 Å². The Labute approximate surface area is 61.3 Å². The third-order valence-electron chi connectivity index (χ3n) is 1.32. The molecular weight excluding hydrogens is 132 g/mol. The topological polar surface area (TPSA) is 27.7 Å². The Bertz CT molecular complexity index is 51.7. The van der Waals surface area contributed by atoms with Crippen LogP contribution in [-0.2, 0) is 14.2 Å². The van der Waals surface area contributed by atoms with Crippen LogP contribution in [0.5, 0.6) is 0 Å². The van der Waals surface area contributed by atoms with Crippen molar-refractivity contribution in [2.24, 2.45) is 0 Å². The summed E-state index contributed by atoms with van der Waals surface area (Å²) in [4.78, 5) is 0. The molecule has 2 saturated heterocycles. The molecule has 0 atom stereocenters. The predicted octanol–water partition coefficient (Wildman–Crippen LogP) is 0.787. The van der Waals surface area contributed by atoms with Crippen LogP contribution >= 0.6 is 0 Å². The van der Waals surface area contributed by atoms with Crippen LogP contribution in [0.4, 0.5) is 0 Å². The van der Waals surface area contributed by atoms with Crippen LogP contribution in [0.15, 0.2) is 0 Å². The number of hydrogen-bond donors (Lipinski definition) is 0. The molecule has 10 heavy (non-hydrogen) atoms. The summed E-state index contributed by atoms with van der Waals surface area (Å²) in [5.74, 6) is 0. The molecule has 2 heterocycles. The zero-order valence-corrected chi connectivity index (χ0v) is 6.17. The maximum absolute atomic E-state index is 4.85. The smallest absolute Gasteiger partial charge is 0.146 e. The molecule has 0 spiro atoms. The van der Waals surface area contributed by atoms with E-state index in [0.717, 1.165) is 32.8 Å². The van der Waals surface area contributed by atoms with E-state index in [1.54, 1.807) is 0 Å². The van der Waals surface area contributed by atoms with Crippen LogP contribution in [0, 0.1) is 0 Å². The van der Waals surface area contributed by atoms with Crippen LogP contribution in [0.1, 0.15) is 12.8 Å². The second-order valence-electron chi connectivity index (χ2n) is 2.25. The lowest BCUT2D eigenvalue weighted by Gasteiger charge is -2.09. The molecule has 0 N–H and O–H groups in total. The predicted molar refractivity (Wildman–Crippen MR) is 36.8 cm³/mol. The lowest BCUT2D eigenvalue weighted by Crippen LogP contribution is -2.11. The van der Waals surface area contributed by atoms with Gasteiger partial charge in [-0.25, -0.2) is 0 Å². The van der Waals surface area contributed by atoms with E-state index in [-0.39, 0.29) is 0 Å². The molecule has 0 amide bonds. The Hall–Kier alpha value is -0.120. The van der Waals surface area contributed by atoms with Gasteiger partial charge < -0.3 is 14.2 Å². The fourth-order valence-corrected chi connectivity index (χ4v) is 0.584. The summed E-state index contributed by atoms with van der Waals surface area (Å²) in [6, 6.07) is 0. The summed E-state index contributed by atoms with van der Waals surface area (Å²) < 4.78 is 14.4. The number of hydrogen-bond acceptors (Lipinski definition) is 3. The summed E-state index contributed by atoms with van der Waals surface area (Å²) in [6.07, 6.45) is 2.33. The highest BCUT2D eigenvalue weighted by Crippen LogP contribution is 1.93. The highest BCUT2D eigenvalue weighted by Gasteiger charge is 1.94. The van der Waals surface area contributed by atoms with Gasteiger partial charge in [0.25, 0.3) is 0 Å². The first-order chi connectivity index (χ1) is 5.00. The van der Waals surface area contributed by atoms with Crippen molar-refractivity contribution in [3.8, 4) is 0 Å². The molecule has 60 valence electrons. The number of ether oxygens (including phenoxy) is 3. The highest BCUT2D eigenvalue weighted by atomic mass is 16.7. The molecule has 0 aromatic heterocycles. The zero-order valence-electron chi connectivity index (χ0n) is 6.17. The van der Waals surface area contributed by atoms with Crippen LogP contribution in [0.25, 0.3) is 0 Å². The molecule has 2 fully saturated rings. The summed E-state index contributed by atoms with van der Waals surface area (Å²) in [7, 11) is 0. The van der Waals surface area contributed by atoms with Crippen molar-refractivity contribution in [1.82, 2.24) is 0 Å². The third-order valence-corrected chi connectivity index (χ3v) is 1.32. The van der Waals surface area contributed by atoms with E-state index in [9.17, 15) is 0 Å². The minimum absolute atomic E-state index is 0.500. The molecule has 0 unspecified atom stereocenters. The Morgan fingerprint density at radius 3 is 1.10 bits per heavy atom. The lowest BCUT2D eigenvalue weighted by atomic mass is 10.4. The SMILES string of the molecule is C1COC1.C1COCOC1. The second kappa shape index (κ2) is 5.65. The van der Waals surface area contributed by atoms with E-state index >= 15 is 0 Å². The summed E-state index contributed by atoms with van der Waals surface area (Å²) in [5.41, 5.74) is 0. The molecule has 3 nitrogen and oxygen atoms in total. The Balaban J connectivity index is 0.000000108. The zero-order chi connectivity index (χ0) is 7.07. The molecule has 0 bridgehead atoms. The molecule has 0 radical (unpaired) electrons. The van der Waals surface area contributed by atoms with E-state index in [0.29, 0.717) is 6.79 Å². The fraction of sp³-hybridized carbons (Fsp3) is 1.00. The van der Waals surface area contributed by atoms with Gasteiger partial charge in [-0.3, -0.25) is 0 Å². The second-order valence-corrected chi connectivity index (χ2v) is 2.25. The first-order valence-corrected chi connectivity index (χ1v) is 3.73. The molecular formula is C7H14O3. The molecule has 0 saturated carbocycles. The molecule has 2 rings (SSSR count). The van der Waals surface area contributed by atoms with E-state index in [1.807, 2.05) is 0 Å². The molecule has 0 aromatic carbocycles. The highest BCUT2D eigenvalue weighted by molar-refractivity contribution is 4.41. The third kappa shape index (κ3) is 3.82. The standard InChI is InChI=1S/C4H8O2.C3H6O/c1-2-5-4-6-3-1;1-2-4-3-1/h1-4H2;1-3H2. The van der Waals surface area contributed by atoms with Gasteiger partial charge in [-0.1, -0.05) is 0 Å². The van der Waals surface area contributed by atoms with Crippen LogP contribution < -0.4 is 0 Å². The van der Waals surface area contributed by atoms with Gasteiger partial charge in [0.15, 0.2) is 0 Å². The maximum Gasteiger partial charge on any atom is 0.146 e. The van der Waals surface area contributed by atoms with Crippen molar-refractivity contribution >= 4 is 0 Å². The van der Waals surface area contributed by atoms with Crippen molar-refractivity contribution in [2.45, 2.75) is 12.8 Å². The summed E-state index contributed by atoms with van der Waals surface area (Å²) >= 11 is 0. The van der Waals surface area contributed by atoms with Gasteiger partial charge in [-0.05, 0) is 12.8 Å². The molecule has 0 aliphatic carbocycles. The van der Waals surface area contributed by atoms with Gasteiger partial charge in [0, 0.05) is 13.2 Å². The minimum Gasteiger partial charge on any atom is -0.381 e. The Kier molecular flexibility index (Phi) is 4.51. The monoisotopic (exact) mass is 146 g/mol. The van der Waals surface area contributed by atoms with Gasteiger partial charge in [0.1, 0.15) is 6.79 Å². The van der Waals surface area contributed by atoms with Crippen LogP contribution in [-0.4, -0.2) is 33.2 Å². The van der Waals surface area contributed by atoms with Crippen molar-refractivity contribution in [3.63, 3.8) is 0 Å². The average molecular weight is 146 g/mol. The molecule has 3 heteroatoms. The summed E-state index contributed by atoms with van der Waals surface area (Å²) in [6.45, 7) is 4.25. The van der Waals surface area contributed by atoms with Crippen molar-refractivity contribution in [3.05, 3.63) is 0 Å². The Morgan fingerprint density at radius 2 is 1.00 bits per heavy atom. The first-order valence-electron chi connectivity index (χ1n) is 3.73. The van der Waals surface area contributed by atoms with Crippen LogP contribution in [0.2, 0.25) is 0 Å². The molecule has 2 aliphatic heterocycles. The number of rotatable bonds is 0. The largest absolute Gasteiger partial charge is 0.381 e. The normalized spacial score (nSPS) is 24.0. The maximum atomic E-state index is 4.85. The van der Waals surface area contributed by atoms with E-state index in [4.69, 9.17) is 14.2 Å². The van der Waals surface area contributed by atoms with Gasteiger partial charge in [-0.15, -0.1) is 0 Å². The fourth-order valence-electron chi connectivity index (χ4n) is 0.584. The van der Waals surface area contributed by atoms with Crippen molar-refractivity contribution < 1.29 is 14.2 Å². The van der Waals surface area contributed by atoms with Gasteiger partial charge in [-0.2, -0.15) is 0 Å². The van der Waals surface area contributed by atoms with E-state index < -0.39 is 0 Å². The first kappa shape index (κ1) is 7.98. The Morgan fingerprint density at radius 1 is 0.600 bits per heavy atom. The van der Waals surface area contributed by atoms with Gasteiger partial charge in [0.05, 0.1) is 13.2 Å². The average Bonchev–Trinajstić information content (AvgIpc) is 1.88. The quantitative estimate of drug-likeness (QED) is 0.505. The van der Waals surface area contributed by atoms with Crippen molar-refractivity contribution in [2.75, 3.05) is 33.2 Å². The molecule has 0 aromatic rings. The molecule has 2 aliphatic rings. The van der Waals surface area contributed by atoms with E-state index in [2.05, 4.69) is 0 Å². The van der Waals surface area contributed by atoms with Gasteiger partial charge in [0.2, 0.25) is 0 Å². The van der Waals surface area contributed by atoms with Crippen LogP contribution in [0.3, 0.4) is 0 Å². The van der Waals surface area contributed by atoms with Gasteiger partial charge >= 0.3 is 0 Å². The summed E-state index contributed by atoms with van der Waals surface area (Å²) in [5, 5.41) is 0. The lowest BCUT2D eigenvalue weighted by molar-refractivity contribution is -0.0963. The van der Waals surface area contributed by atoms with E-state index in [1.165, 1.54) is 6.42 Å². The minimum atomic E-state index is 0.500.